The van der Waals surface area contributed by atoms with Gasteiger partial charge in [0.15, 0.2) is 5.16 Å². The van der Waals surface area contributed by atoms with Crippen LogP contribution in [-0.2, 0) is 5.75 Å². The third-order valence-corrected chi connectivity index (χ3v) is 6.69. The quantitative estimate of drug-likeness (QED) is 0.442. The number of hydrogen-bond donors (Lipinski definition) is 1. The van der Waals surface area contributed by atoms with Crippen molar-refractivity contribution in [3.05, 3.63) is 45.1 Å². The van der Waals surface area contributed by atoms with Crippen molar-refractivity contribution in [3.63, 3.8) is 0 Å². The van der Waals surface area contributed by atoms with E-state index in [2.05, 4.69) is 37.5 Å². The summed E-state index contributed by atoms with van der Waals surface area (Å²) in [5, 5.41) is 9.04. The molecular weight excluding hydrogens is 388 g/mol. The molecule has 0 saturated carbocycles. The van der Waals surface area contributed by atoms with Gasteiger partial charge in [0.2, 0.25) is 0 Å². The molecule has 0 spiro atoms. The van der Waals surface area contributed by atoms with Crippen LogP contribution in [-0.4, -0.2) is 19.6 Å². The number of thioether (sulfide) groups is 1. The smallest absolute Gasteiger partial charge is 0.166 e. The summed E-state index contributed by atoms with van der Waals surface area (Å²) < 4.78 is 4.50. The Kier molecular flexibility index (Phi) is 4.50. The van der Waals surface area contributed by atoms with E-state index >= 15 is 0 Å². The molecule has 0 fully saturated rings. The third kappa shape index (κ3) is 3.22. The van der Waals surface area contributed by atoms with Crippen molar-refractivity contribution in [2.75, 3.05) is 0 Å². The standard InChI is InChI=1S/C14H9ClN4S4/c15-13-8(18-19-23-13)7-22-14-16-11(9-3-1-5-20-9)12(17-14)10-4-2-6-21-10/h1-6H,7H2,(H,16,17). The first-order valence-corrected chi connectivity index (χ1v) is 10.5. The zero-order chi connectivity index (χ0) is 15.6. The molecule has 4 nitrogen and oxygen atoms in total. The number of H-pyrrole nitrogens is 1. The molecule has 0 saturated heterocycles. The Balaban J connectivity index is 1.66. The van der Waals surface area contributed by atoms with Gasteiger partial charge in [-0.15, -0.1) is 27.8 Å². The lowest BCUT2D eigenvalue weighted by Gasteiger charge is -1.96. The van der Waals surface area contributed by atoms with Gasteiger partial charge < -0.3 is 4.98 Å². The minimum Gasteiger partial charge on any atom is -0.332 e. The second kappa shape index (κ2) is 6.74. The summed E-state index contributed by atoms with van der Waals surface area (Å²) in [7, 11) is 0. The van der Waals surface area contributed by atoms with Crippen molar-refractivity contribution in [1.29, 1.82) is 0 Å². The van der Waals surface area contributed by atoms with E-state index in [1.165, 1.54) is 16.4 Å². The van der Waals surface area contributed by atoms with Gasteiger partial charge in [-0.25, -0.2) is 4.98 Å². The maximum absolute atomic E-state index is 6.06. The Morgan fingerprint density at radius 3 is 2.57 bits per heavy atom. The highest BCUT2D eigenvalue weighted by Gasteiger charge is 2.16. The van der Waals surface area contributed by atoms with Crippen molar-refractivity contribution in [2.45, 2.75) is 10.9 Å². The summed E-state index contributed by atoms with van der Waals surface area (Å²) in [6.45, 7) is 0. The fraction of sp³-hybridized carbons (Fsp3) is 0.0714. The Bertz CT molecular complexity index is 844. The molecule has 23 heavy (non-hydrogen) atoms. The molecule has 0 radical (unpaired) electrons. The molecule has 0 unspecified atom stereocenters. The van der Waals surface area contributed by atoms with Crippen molar-refractivity contribution in [1.82, 2.24) is 19.6 Å². The number of halogens is 1. The van der Waals surface area contributed by atoms with E-state index in [0.717, 1.165) is 27.1 Å². The van der Waals surface area contributed by atoms with Gasteiger partial charge in [0.25, 0.3) is 0 Å². The van der Waals surface area contributed by atoms with Crippen LogP contribution >= 0.6 is 57.6 Å². The molecule has 9 heteroatoms. The third-order valence-electron chi connectivity index (χ3n) is 3.06. The fourth-order valence-electron chi connectivity index (χ4n) is 2.03. The molecule has 0 bridgehead atoms. The second-order valence-electron chi connectivity index (χ2n) is 4.50. The van der Waals surface area contributed by atoms with Crippen molar-refractivity contribution < 1.29 is 0 Å². The molecule has 4 aromatic heterocycles. The van der Waals surface area contributed by atoms with Crippen LogP contribution in [0.2, 0.25) is 4.34 Å². The van der Waals surface area contributed by atoms with E-state index in [-0.39, 0.29) is 0 Å². The molecule has 4 rings (SSSR count). The van der Waals surface area contributed by atoms with Crippen LogP contribution in [0.1, 0.15) is 5.69 Å². The first-order valence-electron chi connectivity index (χ1n) is 6.58. The number of rotatable bonds is 5. The minimum absolute atomic E-state index is 0.640. The lowest BCUT2D eigenvalue weighted by Crippen LogP contribution is -1.83. The molecular formula is C14H9ClN4S4. The molecule has 0 aliphatic rings. The van der Waals surface area contributed by atoms with Gasteiger partial charge in [-0.3, -0.25) is 0 Å². The number of nitrogens with one attached hydrogen (secondary N) is 1. The Morgan fingerprint density at radius 2 is 1.91 bits per heavy atom. The van der Waals surface area contributed by atoms with Crippen molar-refractivity contribution in [3.8, 4) is 21.1 Å². The number of nitrogens with zero attached hydrogens (tertiary/aromatic N) is 3. The lowest BCUT2D eigenvalue weighted by molar-refractivity contribution is 1.04. The van der Waals surface area contributed by atoms with Crippen LogP contribution in [0.15, 0.2) is 40.2 Å². The molecule has 4 heterocycles. The summed E-state index contributed by atoms with van der Waals surface area (Å²) in [6, 6.07) is 8.28. The zero-order valence-electron chi connectivity index (χ0n) is 11.5. The summed E-state index contributed by atoms with van der Waals surface area (Å²) in [5.41, 5.74) is 2.85. The summed E-state index contributed by atoms with van der Waals surface area (Å²) >= 11 is 12.2. The number of aromatic amines is 1. The number of imidazole rings is 1. The van der Waals surface area contributed by atoms with E-state index in [1.807, 2.05) is 12.1 Å². The number of thiophene rings is 2. The van der Waals surface area contributed by atoms with Crippen LogP contribution in [0, 0.1) is 0 Å². The van der Waals surface area contributed by atoms with Gasteiger partial charge in [0, 0.05) is 17.3 Å². The lowest BCUT2D eigenvalue weighted by atomic mass is 10.2. The van der Waals surface area contributed by atoms with E-state index in [9.17, 15) is 0 Å². The molecule has 0 atom stereocenters. The van der Waals surface area contributed by atoms with E-state index in [4.69, 9.17) is 16.6 Å². The Morgan fingerprint density at radius 1 is 1.13 bits per heavy atom. The average molecular weight is 397 g/mol. The fourth-order valence-corrected chi connectivity index (χ4v) is 5.08. The van der Waals surface area contributed by atoms with Crippen LogP contribution in [0.5, 0.6) is 0 Å². The van der Waals surface area contributed by atoms with Crippen LogP contribution in [0.4, 0.5) is 0 Å². The van der Waals surface area contributed by atoms with Crippen molar-refractivity contribution in [2.24, 2.45) is 0 Å². The van der Waals surface area contributed by atoms with E-state index in [0.29, 0.717) is 10.1 Å². The second-order valence-corrected chi connectivity index (χ2v) is 8.72. The number of hydrogen-bond acceptors (Lipinski definition) is 7. The van der Waals surface area contributed by atoms with Crippen LogP contribution < -0.4 is 0 Å². The zero-order valence-corrected chi connectivity index (χ0v) is 15.5. The minimum atomic E-state index is 0.640. The predicted octanol–water partition coefficient (Wildman–Crippen LogP) is 5.66. The maximum Gasteiger partial charge on any atom is 0.166 e. The van der Waals surface area contributed by atoms with E-state index < -0.39 is 0 Å². The van der Waals surface area contributed by atoms with Gasteiger partial charge in [0.05, 0.1) is 15.4 Å². The molecule has 4 aromatic rings. The van der Waals surface area contributed by atoms with Gasteiger partial charge in [-0.05, 0) is 22.9 Å². The van der Waals surface area contributed by atoms with Crippen LogP contribution in [0.25, 0.3) is 21.1 Å². The highest BCUT2D eigenvalue weighted by molar-refractivity contribution is 7.98. The molecule has 1 N–H and O–H groups in total. The summed E-state index contributed by atoms with van der Waals surface area (Å²) in [5.74, 6) is 0.649. The topological polar surface area (TPSA) is 54.5 Å². The van der Waals surface area contributed by atoms with Gasteiger partial charge in [-0.1, -0.05) is 40.0 Å². The highest BCUT2D eigenvalue weighted by Crippen LogP contribution is 2.37. The maximum atomic E-state index is 6.06. The monoisotopic (exact) mass is 396 g/mol. The first kappa shape index (κ1) is 15.3. The number of aromatic nitrogens is 4. The van der Waals surface area contributed by atoms with Gasteiger partial charge in [0.1, 0.15) is 15.7 Å². The van der Waals surface area contributed by atoms with Gasteiger partial charge in [-0.2, -0.15) is 0 Å². The molecule has 0 aliphatic heterocycles. The largest absolute Gasteiger partial charge is 0.332 e. The van der Waals surface area contributed by atoms with Crippen molar-refractivity contribution >= 4 is 57.6 Å². The predicted molar refractivity (Wildman–Crippen MR) is 99.7 cm³/mol. The molecule has 0 aliphatic carbocycles. The summed E-state index contributed by atoms with van der Waals surface area (Å²) in [4.78, 5) is 10.5. The SMILES string of the molecule is Clc1snnc1CSc1nc(-c2cccs2)c(-c2cccs2)[nH]1. The average Bonchev–Trinajstić information content (AvgIpc) is 3.32. The highest BCUT2D eigenvalue weighted by atomic mass is 35.5. The Hall–Kier alpha value is -1.19. The molecule has 116 valence electrons. The summed E-state index contributed by atoms with van der Waals surface area (Å²) in [6.07, 6.45) is 0. The molecule has 0 aromatic carbocycles. The Labute approximate surface area is 153 Å². The van der Waals surface area contributed by atoms with Gasteiger partial charge >= 0.3 is 0 Å². The normalized spacial score (nSPS) is 11.2. The van der Waals surface area contributed by atoms with E-state index in [1.54, 1.807) is 34.4 Å². The molecule has 0 amide bonds. The first-order chi connectivity index (χ1) is 11.3. The van der Waals surface area contributed by atoms with Crippen LogP contribution in [0.3, 0.4) is 0 Å².